The highest BCUT2D eigenvalue weighted by Gasteiger charge is 2.38. The Morgan fingerprint density at radius 1 is 0.690 bits per heavy atom. The minimum Gasteiger partial charge on any atom is -0.493 e. The molecule has 2 saturated heterocycles. The molecule has 5 heteroatoms. The van der Waals surface area contributed by atoms with E-state index in [0.29, 0.717) is 0 Å². The van der Waals surface area contributed by atoms with Gasteiger partial charge < -0.3 is 18.9 Å². The number of rotatable bonds is 10. The van der Waals surface area contributed by atoms with E-state index in [-0.39, 0.29) is 10.8 Å². The normalized spacial score (nSPS) is 19.1. The second-order valence-corrected chi connectivity index (χ2v) is 9.46. The van der Waals surface area contributed by atoms with Crippen LogP contribution in [0.3, 0.4) is 0 Å². The Labute approximate surface area is 177 Å². The van der Waals surface area contributed by atoms with Gasteiger partial charge in [-0.25, -0.2) is 0 Å². The molecule has 156 valence electrons. The lowest BCUT2D eigenvalue weighted by molar-refractivity contribution is -0.133. The lowest BCUT2D eigenvalue weighted by Gasteiger charge is -2.40. The molecule has 2 aliphatic heterocycles. The van der Waals surface area contributed by atoms with Gasteiger partial charge in [0.15, 0.2) is 0 Å². The first-order valence-electron chi connectivity index (χ1n) is 10.4. The Bertz CT molecular complexity index is 701. The summed E-state index contributed by atoms with van der Waals surface area (Å²) in [6.07, 6.45) is 2.18. The molecule has 0 saturated carbocycles. The number of hydrogen-bond donors (Lipinski definition) is 0. The molecule has 0 bridgehead atoms. The van der Waals surface area contributed by atoms with E-state index in [9.17, 15) is 0 Å². The fourth-order valence-corrected chi connectivity index (χ4v) is 4.19. The van der Waals surface area contributed by atoms with E-state index < -0.39 is 0 Å². The van der Waals surface area contributed by atoms with Crippen molar-refractivity contribution in [3.05, 3.63) is 48.5 Å². The highest BCUT2D eigenvalue weighted by atomic mass is 32.2. The van der Waals surface area contributed by atoms with Gasteiger partial charge in [-0.1, -0.05) is 25.6 Å². The molecule has 0 aliphatic carbocycles. The van der Waals surface area contributed by atoms with Crippen LogP contribution < -0.4 is 9.47 Å². The summed E-state index contributed by atoms with van der Waals surface area (Å²) in [6, 6.07) is 16.6. The summed E-state index contributed by atoms with van der Waals surface area (Å²) in [5.74, 6) is 1.84. The average Bonchev–Trinajstić information content (AvgIpc) is 2.69. The minimum atomic E-state index is 0.208. The second kappa shape index (κ2) is 8.99. The van der Waals surface area contributed by atoms with Gasteiger partial charge in [-0.05, 0) is 61.4 Å². The van der Waals surface area contributed by atoms with Crippen LogP contribution in [-0.4, -0.2) is 39.6 Å². The molecule has 0 atom stereocenters. The zero-order valence-corrected chi connectivity index (χ0v) is 18.1. The summed E-state index contributed by atoms with van der Waals surface area (Å²) in [5, 5.41) is 0. The third kappa shape index (κ3) is 4.90. The van der Waals surface area contributed by atoms with Crippen LogP contribution in [0, 0.1) is 10.8 Å². The van der Waals surface area contributed by atoms with Crippen LogP contribution in [0.5, 0.6) is 11.5 Å². The van der Waals surface area contributed by atoms with Crippen molar-refractivity contribution < 1.29 is 18.9 Å². The van der Waals surface area contributed by atoms with E-state index >= 15 is 0 Å². The largest absolute Gasteiger partial charge is 0.493 e. The highest BCUT2D eigenvalue weighted by molar-refractivity contribution is 7.99. The van der Waals surface area contributed by atoms with Crippen molar-refractivity contribution in [2.45, 2.75) is 36.5 Å². The van der Waals surface area contributed by atoms with Crippen LogP contribution in [0.4, 0.5) is 0 Å². The molecule has 0 unspecified atom stereocenters. The summed E-state index contributed by atoms with van der Waals surface area (Å²) in [6.45, 7) is 9.09. The molecule has 0 spiro atoms. The van der Waals surface area contributed by atoms with Crippen LogP contribution in [0.1, 0.15) is 26.7 Å². The molecule has 4 rings (SSSR count). The molecule has 0 radical (unpaired) electrons. The van der Waals surface area contributed by atoms with E-state index in [2.05, 4.69) is 38.1 Å². The van der Waals surface area contributed by atoms with Gasteiger partial charge in [-0.3, -0.25) is 0 Å². The van der Waals surface area contributed by atoms with Crippen molar-refractivity contribution in [2.75, 3.05) is 39.6 Å². The first-order valence-corrected chi connectivity index (χ1v) is 11.3. The van der Waals surface area contributed by atoms with Gasteiger partial charge in [0, 0.05) is 9.79 Å². The van der Waals surface area contributed by atoms with E-state index in [4.69, 9.17) is 18.9 Å². The molecule has 2 aromatic rings. The van der Waals surface area contributed by atoms with Gasteiger partial charge in [-0.15, -0.1) is 0 Å². The maximum Gasteiger partial charge on any atom is 0.119 e. The molecule has 0 amide bonds. The lowest BCUT2D eigenvalue weighted by Crippen LogP contribution is -2.46. The Kier molecular flexibility index (Phi) is 6.38. The topological polar surface area (TPSA) is 36.9 Å². The summed E-state index contributed by atoms with van der Waals surface area (Å²) < 4.78 is 22.7. The Morgan fingerprint density at radius 2 is 1.07 bits per heavy atom. The zero-order chi connectivity index (χ0) is 20.2. The first-order chi connectivity index (χ1) is 14.1. The van der Waals surface area contributed by atoms with Crippen LogP contribution in [0.25, 0.3) is 0 Å². The molecule has 4 nitrogen and oxygen atoms in total. The molecular formula is C24H30O4S. The SMILES string of the molecule is CCC1(COc2ccc(Sc3ccc(OCC4(CC)COC4)cc3)cc2)COC1. The van der Waals surface area contributed by atoms with E-state index in [0.717, 1.165) is 64.0 Å². The third-order valence-electron chi connectivity index (χ3n) is 6.11. The predicted molar refractivity (Wildman–Crippen MR) is 115 cm³/mol. The van der Waals surface area contributed by atoms with Crippen LogP contribution in [-0.2, 0) is 9.47 Å². The van der Waals surface area contributed by atoms with E-state index in [1.807, 2.05) is 24.3 Å². The molecule has 2 heterocycles. The quantitative estimate of drug-likeness (QED) is 0.517. The van der Waals surface area contributed by atoms with Gasteiger partial charge in [0.2, 0.25) is 0 Å². The lowest BCUT2D eigenvalue weighted by atomic mass is 9.84. The predicted octanol–water partition coefficient (Wildman–Crippen LogP) is 5.45. The fraction of sp³-hybridized carbons (Fsp3) is 0.500. The van der Waals surface area contributed by atoms with Crippen molar-refractivity contribution in [3.8, 4) is 11.5 Å². The van der Waals surface area contributed by atoms with Crippen LogP contribution >= 0.6 is 11.8 Å². The second-order valence-electron chi connectivity index (χ2n) is 8.31. The molecule has 2 fully saturated rings. The van der Waals surface area contributed by atoms with Crippen molar-refractivity contribution in [3.63, 3.8) is 0 Å². The summed E-state index contributed by atoms with van der Waals surface area (Å²) in [7, 11) is 0. The highest BCUT2D eigenvalue weighted by Crippen LogP contribution is 2.35. The zero-order valence-electron chi connectivity index (χ0n) is 17.3. The standard InChI is InChI=1S/C24H30O4S/c1-3-23(13-25-14-23)17-27-19-5-9-21(10-6-19)29-22-11-7-20(8-12-22)28-18-24(4-2)15-26-16-24/h5-12H,3-4,13-18H2,1-2H3. The number of benzene rings is 2. The van der Waals surface area contributed by atoms with Gasteiger partial charge >= 0.3 is 0 Å². The maximum atomic E-state index is 5.99. The molecule has 2 aromatic carbocycles. The van der Waals surface area contributed by atoms with E-state index in [1.165, 1.54) is 9.79 Å². The van der Waals surface area contributed by atoms with Gasteiger partial charge in [0.05, 0.1) is 50.5 Å². The van der Waals surface area contributed by atoms with Crippen molar-refractivity contribution >= 4 is 11.8 Å². The van der Waals surface area contributed by atoms with E-state index in [1.54, 1.807) is 11.8 Å². The Balaban J connectivity index is 1.26. The molecule has 0 aromatic heterocycles. The van der Waals surface area contributed by atoms with Gasteiger partial charge in [0.1, 0.15) is 11.5 Å². The molecule has 2 aliphatic rings. The van der Waals surface area contributed by atoms with Crippen LogP contribution in [0.2, 0.25) is 0 Å². The average molecular weight is 415 g/mol. The van der Waals surface area contributed by atoms with Crippen molar-refractivity contribution in [1.82, 2.24) is 0 Å². The maximum absolute atomic E-state index is 5.99. The molecule has 0 N–H and O–H groups in total. The monoisotopic (exact) mass is 414 g/mol. The summed E-state index contributed by atoms with van der Waals surface area (Å²) in [5.41, 5.74) is 0.416. The summed E-state index contributed by atoms with van der Waals surface area (Å²) >= 11 is 1.74. The van der Waals surface area contributed by atoms with Crippen molar-refractivity contribution in [1.29, 1.82) is 0 Å². The van der Waals surface area contributed by atoms with Gasteiger partial charge in [0.25, 0.3) is 0 Å². The smallest absolute Gasteiger partial charge is 0.119 e. The van der Waals surface area contributed by atoms with Crippen LogP contribution in [0.15, 0.2) is 58.3 Å². The summed E-state index contributed by atoms with van der Waals surface area (Å²) in [4.78, 5) is 2.39. The Hall–Kier alpha value is -1.69. The minimum absolute atomic E-state index is 0.208. The third-order valence-corrected chi connectivity index (χ3v) is 7.12. The number of ether oxygens (including phenoxy) is 4. The fourth-order valence-electron chi connectivity index (χ4n) is 3.38. The Morgan fingerprint density at radius 3 is 1.34 bits per heavy atom. The number of hydrogen-bond acceptors (Lipinski definition) is 5. The molecule has 29 heavy (non-hydrogen) atoms. The van der Waals surface area contributed by atoms with Gasteiger partial charge in [-0.2, -0.15) is 0 Å². The van der Waals surface area contributed by atoms with Crippen molar-refractivity contribution in [2.24, 2.45) is 10.8 Å². The molecular weight excluding hydrogens is 384 g/mol. The first kappa shape index (κ1) is 20.6.